The lowest BCUT2D eigenvalue weighted by Crippen LogP contribution is -2.30. The Labute approximate surface area is 118 Å². The predicted molar refractivity (Wildman–Crippen MR) is 73.3 cm³/mol. The van der Waals surface area contributed by atoms with Gasteiger partial charge in [-0.25, -0.2) is 0 Å². The largest absolute Gasteiger partial charge is 0.481 e. The van der Waals surface area contributed by atoms with Gasteiger partial charge < -0.3 is 14.6 Å². The maximum atomic E-state index is 11.1. The number of hydrogen-bond donors (Lipinski definition) is 1. The molecule has 1 saturated carbocycles. The molecule has 0 aromatic carbocycles. The third-order valence-corrected chi connectivity index (χ3v) is 4.30. The highest BCUT2D eigenvalue weighted by Gasteiger charge is 2.24. The highest BCUT2D eigenvalue weighted by Crippen LogP contribution is 2.23. The van der Waals surface area contributed by atoms with Gasteiger partial charge in [-0.15, -0.1) is 0 Å². The van der Waals surface area contributed by atoms with Gasteiger partial charge in [0.25, 0.3) is 0 Å². The molecule has 1 aliphatic carbocycles. The van der Waals surface area contributed by atoms with Gasteiger partial charge in [-0.3, -0.25) is 9.59 Å². The van der Waals surface area contributed by atoms with Crippen molar-refractivity contribution in [3.63, 3.8) is 0 Å². The number of hydrogen-bond acceptors (Lipinski definition) is 5. The van der Waals surface area contributed by atoms with Crippen LogP contribution in [0.2, 0.25) is 0 Å². The first-order chi connectivity index (χ1) is 9.02. The van der Waals surface area contributed by atoms with Crippen LogP contribution in [-0.4, -0.2) is 47.9 Å². The van der Waals surface area contributed by atoms with Crippen LogP contribution in [0.1, 0.15) is 32.6 Å². The minimum atomic E-state index is -0.903. The molecule has 0 bridgehead atoms. The molecule has 0 aromatic heterocycles. The third kappa shape index (κ3) is 6.40. The Morgan fingerprint density at radius 3 is 2.32 bits per heavy atom. The van der Waals surface area contributed by atoms with Crippen LogP contribution in [0.25, 0.3) is 0 Å². The zero-order valence-corrected chi connectivity index (χ0v) is 12.3. The number of carbonyl (C=O) groups excluding carboxylic acids is 1. The summed E-state index contributed by atoms with van der Waals surface area (Å²) in [6, 6.07) is 0. The lowest BCUT2D eigenvalue weighted by atomic mass is 9.95. The normalized spacial score (nSPS) is 24.9. The third-order valence-electron chi connectivity index (χ3n) is 3.32. The monoisotopic (exact) mass is 290 g/mol. The van der Waals surface area contributed by atoms with E-state index in [0.717, 1.165) is 37.4 Å². The van der Waals surface area contributed by atoms with E-state index in [0.29, 0.717) is 6.10 Å². The van der Waals surface area contributed by atoms with Crippen molar-refractivity contribution in [3.8, 4) is 0 Å². The molecule has 1 aliphatic rings. The van der Waals surface area contributed by atoms with Crippen molar-refractivity contribution in [3.05, 3.63) is 0 Å². The second-order valence-electron chi connectivity index (χ2n) is 4.81. The molecule has 0 spiro atoms. The Balaban J connectivity index is 2.28. The number of rotatable bonds is 7. The molecule has 5 nitrogen and oxygen atoms in total. The van der Waals surface area contributed by atoms with Gasteiger partial charge in [0.15, 0.2) is 5.12 Å². The van der Waals surface area contributed by atoms with Gasteiger partial charge in [0.05, 0.1) is 24.7 Å². The van der Waals surface area contributed by atoms with E-state index in [1.54, 1.807) is 7.11 Å². The first-order valence-electron chi connectivity index (χ1n) is 6.53. The van der Waals surface area contributed by atoms with Crippen LogP contribution in [0, 0.1) is 5.92 Å². The van der Waals surface area contributed by atoms with Crippen molar-refractivity contribution >= 4 is 22.8 Å². The Morgan fingerprint density at radius 1 is 1.26 bits per heavy atom. The van der Waals surface area contributed by atoms with Crippen LogP contribution in [0.5, 0.6) is 0 Å². The molecular weight excluding hydrogens is 268 g/mol. The quantitative estimate of drug-likeness (QED) is 0.772. The Morgan fingerprint density at radius 2 is 1.84 bits per heavy atom. The number of carboxylic acid groups (broad SMARTS) is 1. The standard InChI is InChI=1S/C13H22O5S/c1-9(14)19-8-10(13(15)16)7-18-12-5-3-11(17-2)4-6-12/h10-12H,3-8H2,1-2H3,(H,15,16). The van der Waals surface area contributed by atoms with E-state index in [1.807, 2.05) is 0 Å². The van der Waals surface area contributed by atoms with Gasteiger partial charge >= 0.3 is 5.97 Å². The summed E-state index contributed by atoms with van der Waals surface area (Å²) in [4.78, 5) is 21.9. The summed E-state index contributed by atoms with van der Waals surface area (Å²) in [5, 5.41) is 9.01. The van der Waals surface area contributed by atoms with Gasteiger partial charge in [-0.05, 0) is 25.7 Å². The fourth-order valence-corrected chi connectivity index (χ4v) is 2.77. The van der Waals surface area contributed by atoms with Crippen molar-refractivity contribution in [1.82, 2.24) is 0 Å². The minimum Gasteiger partial charge on any atom is -0.481 e. The molecule has 1 N–H and O–H groups in total. The number of aliphatic carboxylic acids is 1. The van der Waals surface area contributed by atoms with E-state index in [1.165, 1.54) is 6.92 Å². The summed E-state index contributed by atoms with van der Waals surface area (Å²) in [5.74, 6) is -1.24. The SMILES string of the molecule is COC1CCC(OCC(CSC(C)=O)C(=O)O)CC1. The van der Waals surface area contributed by atoms with Crippen molar-refractivity contribution in [2.24, 2.45) is 5.92 Å². The molecule has 0 amide bonds. The number of carbonyl (C=O) groups is 2. The van der Waals surface area contributed by atoms with Crippen molar-refractivity contribution in [2.75, 3.05) is 19.5 Å². The summed E-state index contributed by atoms with van der Waals surface area (Å²) in [6.45, 7) is 1.62. The van der Waals surface area contributed by atoms with Crippen LogP contribution >= 0.6 is 11.8 Å². The van der Waals surface area contributed by atoms with E-state index in [2.05, 4.69) is 0 Å². The molecule has 0 heterocycles. The Kier molecular flexibility index (Phi) is 7.41. The van der Waals surface area contributed by atoms with Crippen LogP contribution in [0.15, 0.2) is 0 Å². The highest BCUT2D eigenvalue weighted by molar-refractivity contribution is 8.13. The van der Waals surface area contributed by atoms with Crippen LogP contribution in [-0.2, 0) is 19.1 Å². The molecule has 0 aliphatic heterocycles. The molecule has 110 valence electrons. The zero-order valence-electron chi connectivity index (χ0n) is 11.5. The van der Waals surface area contributed by atoms with E-state index in [-0.39, 0.29) is 23.6 Å². The Bertz CT molecular complexity index is 299. The summed E-state index contributed by atoms with van der Waals surface area (Å²) >= 11 is 1.04. The molecule has 0 radical (unpaired) electrons. The van der Waals surface area contributed by atoms with Gasteiger partial charge in [0.1, 0.15) is 0 Å². The minimum absolute atomic E-state index is 0.0631. The molecule has 1 atom stereocenters. The molecular formula is C13H22O5S. The maximum Gasteiger partial charge on any atom is 0.309 e. The van der Waals surface area contributed by atoms with E-state index < -0.39 is 11.9 Å². The molecule has 1 rings (SSSR count). The summed E-state index contributed by atoms with van der Waals surface area (Å²) < 4.78 is 10.9. The number of carboxylic acids is 1. The van der Waals surface area contributed by atoms with Crippen molar-refractivity contribution < 1.29 is 24.2 Å². The molecule has 19 heavy (non-hydrogen) atoms. The van der Waals surface area contributed by atoms with E-state index in [9.17, 15) is 9.59 Å². The fraction of sp³-hybridized carbons (Fsp3) is 0.846. The van der Waals surface area contributed by atoms with Gasteiger partial charge in [0, 0.05) is 19.8 Å². The highest BCUT2D eigenvalue weighted by atomic mass is 32.2. The Hall–Kier alpha value is -0.590. The van der Waals surface area contributed by atoms with E-state index >= 15 is 0 Å². The topological polar surface area (TPSA) is 72.8 Å². The maximum absolute atomic E-state index is 11.1. The molecule has 0 saturated heterocycles. The first kappa shape index (κ1) is 16.5. The fourth-order valence-electron chi connectivity index (χ4n) is 2.10. The van der Waals surface area contributed by atoms with Gasteiger partial charge in [-0.2, -0.15) is 0 Å². The first-order valence-corrected chi connectivity index (χ1v) is 7.52. The van der Waals surface area contributed by atoms with Crippen LogP contribution in [0.4, 0.5) is 0 Å². The average Bonchev–Trinajstić information content (AvgIpc) is 2.38. The van der Waals surface area contributed by atoms with Crippen LogP contribution in [0.3, 0.4) is 0 Å². The second kappa shape index (κ2) is 8.55. The smallest absolute Gasteiger partial charge is 0.309 e. The van der Waals surface area contributed by atoms with Crippen molar-refractivity contribution in [1.29, 1.82) is 0 Å². The summed E-state index contributed by atoms with van der Waals surface area (Å²) in [7, 11) is 1.71. The average molecular weight is 290 g/mol. The second-order valence-corrected chi connectivity index (χ2v) is 6.00. The van der Waals surface area contributed by atoms with Gasteiger partial charge in [-0.1, -0.05) is 11.8 Å². The summed E-state index contributed by atoms with van der Waals surface area (Å²) in [6.07, 6.45) is 4.16. The lowest BCUT2D eigenvalue weighted by molar-refractivity contribution is -0.144. The van der Waals surface area contributed by atoms with Crippen molar-refractivity contribution in [2.45, 2.75) is 44.8 Å². The predicted octanol–water partition coefficient (Wildman–Crippen LogP) is 1.94. The van der Waals surface area contributed by atoms with Crippen LogP contribution < -0.4 is 0 Å². The molecule has 1 unspecified atom stereocenters. The van der Waals surface area contributed by atoms with Gasteiger partial charge in [0.2, 0.25) is 0 Å². The van der Waals surface area contributed by atoms with E-state index in [4.69, 9.17) is 14.6 Å². The molecule has 0 aromatic rings. The number of ether oxygens (including phenoxy) is 2. The number of methoxy groups -OCH3 is 1. The number of thioether (sulfide) groups is 1. The lowest BCUT2D eigenvalue weighted by Gasteiger charge is -2.28. The zero-order chi connectivity index (χ0) is 14.3. The molecule has 1 fully saturated rings. The molecule has 6 heteroatoms. The summed E-state index contributed by atoms with van der Waals surface area (Å²) in [5.41, 5.74) is 0.